The Balaban J connectivity index is 3.91. The molecule has 1 unspecified atom stereocenters. The van der Waals surface area contributed by atoms with E-state index in [0.29, 0.717) is 11.1 Å². The van der Waals surface area contributed by atoms with E-state index in [9.17, 15) is 0 Å². The van der Waals surface area contributed by atoms with Crippen LogP contribution in [0.1, 0.15) is 98.3 Å². The highest BCUT2D eigenvalue weighted by molar-refractivity contribution is 6.74. The Morgan fingerprint density at radius 2 is 1.39 bits per heavy atom. The van der Waals surface area contributed by atoms with Crippen molar-refractivity contribution in [3.63, 3.8) is 0 Å². The van der Waals surface area contributed by atoms with Gasteiger partial charge in [-0.3, -0.25) is 0 Å². The first kappa shape index (κ1) is 22.9. The third-order valence-electron chi connectivity index (χ3n) is 5.33. The number of hydrogen-bond donors (Lipinski definition) is 0. The summed E-state index contributed by atoms with van der Waals surface area (Å²) in [4.78, 5) is 0. The minimum absolute atomic E-state index is 0.297. The number of unbranched alkanes of at least 4 members (excludes halogenated alkanes) is 8. The van der Waals surface area contributed by atoms with Gasteiger partial charge in [0, 0.05) is 6.10 Å². The lowest BCUT2D eigenvalue weighted by Crippen LogP contribution is -2.43. The van der Waals surface area contributed by atoms with Crippen molar-refractivity contribution in [3.05, 3.63) is 12.7 Å². The van der Waals surface area contributed by atoms with Crippen LogP contribution < -0.4 is 0 Å². The van der Waals surface area contributed by atoms with Gasteiger partial charge in [0.15, 0.2) is 8.32 Å². The van der Waals surface area contributed by atoms with Crippen LogP contribution in [0.15, 0.2) is 12.7 Å². The Bertz CT molecular complexity index is 291. The second-order valence-corrected chi connectivity index (χ2v) is 13.4. The Morgan fingerprint density at radius 1 is 0.913 bits per heavy atom. The molecule has 138 valence electrons. The molecule has 0 aromatic heterocycles. The van der Waals surface area contributed by atoms with E-state index in [1.807, 2.05) is 6.08 Å². The van der Waals surface area contributed by atoms with Crippen LogP contribution in [-0.4, -0.2) is 14.4 Å². The van der Waals surface area contributed by atoms with E-state index in [1.54, 1.807) is 0 Å². The summed E-state index contributed by atoms with van der Waals surface area (Å²) in [5, 5.41) is 0.297. The first-order valence-electron chi connectivity index (χ1n) is 10.0. The second-order valence-electron chi connectivity index (χ2n) is 8.64. The van der Waals surface area contributed by atoms with Gasteiger partial charge >= 0.3 is 0 Å². The maximum absolute atomic E-state index is 6.58. The van der Waals surface area contributed by atoms with Crippen LogP contribution in [0.25, 0.3) is 0 Å². The lowest BCUT2D eigenvalue weighted by molar-refractivity contribution is 0.170. The molecule has 0 aliphatic heterocycles. The predicted octanol–water partition coefficient (Wildman–Crippen LogP) is 7.87. The molecule has 0 saturated heterocycles. The topological polar surface area (TPSA) is 9.23 Å². The number of hydrogen-bond acceptors (Lipinski definition) is 1. The molecule has 0 bridgehead atoms. The van der Waals surface area contributed by atoms with E-state index >= 15 is 0 Å². The molecule has 1 nitrogen and oxygen atoms in total. The zero-order valence-electron chi connectivity index (χ0n) is 17.0. The van der Waals surface area contributed by atoms with Gasteiger partial charge < -0.3 is 4.43 Å². The summed E-state index contributed by atoms with van der Waals surface area (Å²) in [5.74, 6) is 0. The lowest BCUT2D eigenvalue weighted by atomic mass is 10.0. The summed E-state index contributed by atoms with van der Waals surface area (Å²) in [6.07, 6.45) is 17.2. The van der Waals surface area contributed by atoms with Crippen LogP contribution >= 0.6 is 0 Å². The molecule has 0 spiro atoms. The first-order valence-corrected chi connectivity index (χ1v) is 12.9. The maximum atomic E-state index is 6.58. The van der Waals surface area contributed by atoms with Crippen LogP contribution in [0.4, 0.5) is 0 Å². The van der Waals surface area contributed by atoms with Crippen LogP contribution in [0, 0.1) is 0 Å². The molecule has 0 aromatic rings. The fraction of sp³-hybridized carbons (Fsp3) is 0.905. The minimum Gasteiger partial charge on any atom is -0.414 e. The van der Waals surface area contributed by atoms with Crippen LogP contribution in [0.2, 0.25) is 18.1 Å². The molecule has 0 saturated carbocycles. The molecule has 2 heteroatoms. The zero-order chi connectivity index (χ0) is 17.8. The molecule has 0 fully saturated rings. The summed E-state index contributed by atoms with van der Waals surface area (Å²) < 4.78 is 6.58. The van der Waals surface area contributed by atoms with Crippen molar-refractivity contribution in [2.45, 2.75) is 123 Å². The summed E-state index contributed by atoms with van der Waals surface area (Å²) in [6, 6.07) is 0. The molecule has 0 aliphatic carbocycles. The predicted molar refractivity (Wildman–Crippen MR) is 109 cm³/mol. The fourth-order valence-corrected chi connectivity index (χ4v) is 4.09. The SMILES string of the molecule is C=CCC(CCCCCCCCCCC)O[Si](C)(C)C(C)(C)C. The van der Waals surface area contributed by atoms with Crippen molar-refractivity contribution in [2.24, 2.45) is 0 Å². The normalized spacial score (nSPS) is 14.0. The third-order valence-corrected chi connectivity index (χ3v) is 9.86. The van der Waals surface area contributed by atoms with Gasteiger partial charge in [0.2, 0.25) is 0 Å². The average molecular weight is 341 g/mol. The molecule has 0 amide bonds. The van der Waals surface area contributed by atoms with Gasteiger partial charge in [-0.1, -0.05) is 91.6 Å². The molecular weight excluding hydrogens is 296 g/mol. The van der Waals surface area contributed by atoms with Gasteiger partial charge in [-0.25, -0.2) is 0 Å². The van der Waals surface area contributed by atoms with E-state index in [4.69, 9.17) is 4.43 Å². The highest BCUT2D eigenvalue weighted by Gasteiger charge is 2.38. The van der Waals surface area contributed by atoms with E-state index < -0.39 is 8.32 Å². The molecule has 0 heterocycles. The highest BCUT2D eigenvalue weighted by Crippen LogP contribution is 2.38. The van der Waals surface area contributed by atoms with Gasteiger partial charge in [0.05, 0.1) is 0 Å². The quantitative estimate of drug-likeness (QED) is 0.177. The molecule has 0 aliphatic rings. The summed E-state index contributed by atoms with van der Waals surface area (Å²) in [7, 11) is -1.65. The zero-order valence-corrected chi connectivity index (χ0v) is 18.0. The third kappa shape index (κ3) is 11.2. The van der Waals surface area contributed by atoms with Crippen molar-refractivity contribution in [3.8, 4) is 0 Å². The van der Waals surface area contributed by atoms with Gasteiger partial charge in [-0.2, -0.15) is 0 Å². The van der Waals surface area contributed by atoms with Gasteiger partial charge in [-0.15, -0.1) is 6.58 Å². The maximum Gasteiger partial charge on any atom is 0.192 e. The second kappa shape index (κ2) is 12.3. The van der Waals surface area contributed by atoms with Crippen molar-refractivity contribution < 1.29 is 4.43 Å². The molecular formula is C21H44OSi. The van der Waals surface area contributed by atoms with Crippen LogP contribution in [-0.2, 0) is 4.43 Å². The van der Waals surface area contributed by atoms with Gasteiger partial charge in [0.25, 0.3) is 0 Å². The summed E-state index contributed by atoms with van der Waals surface area (Å²) in [6.45, 7) is 17.9. The van der Waals surface area contributed by atoms with E-state index in [2.05, 4.69) is 47.4 Å². The largest absolute Gasteiger partial charge is 0.414 e. The Hall–Kier alpha value is -0.0831. The van der Waals surface area contributed by atoms with Crippen molar-refractivity contribution in [1.29, 1.82) is 0 Å². The molecule has 1 atom stereocenters. The van der Waals surface area contributed by atoms with E-state index in [0.717, 1.165) is 6.42 Å². The Labute approximate surface area is 148 Å². The fourth-order valence-electron chi connectivity index (χ4n) is 2.69. The molecule has 0 aromatic carbocycles. The Kier molecular flexibility index (Phi) is 12.3. The summed E-state index contributed by atoms with van der Waals surface area (Å²) >= 11 is 0. The molecule has 0 radical (unpaired) electrons. The van der Waals surface area contributed by atoms with E-state index in [-0.39, 0.29) is 0 Å². The van der Waals surface area contributed by atoms with E-state index in [1.165, 1.54) is 64.2 Å². The Morgan fingerprint density at radius 3 is 1.83 bits per heavy atom. The van der Waals surface area contributed by atoms with Gasteiger partial charge in [-0.05, 0) is 31.0 Å². The first-order chi connectivity index (χ1) is 10.7. The lowest BCUT2D eigenvalue weighted by Gasteiger charge is -2.39. The monoisotopic (exact) mass is 340 g/mol. The minimum atomic E-state index is -1.65. The number of rotatable bonds is 14. The van der Waals surface area contributed by atoms with Crippen molar-refractivity contribution in [2.75, 3.05) is 0 Å². The highest BCUT2D eigenvalue weighted by atomic mass is 28.4. The van der Waals surface area contributed by atoms with Crippen LogP contribution in [0.3, 0.4) is 0 Å². The van der Waals surface area contributed by atoms with Crippen molar-refractivity contribution in [1.82, 2.24) is 0 Å². The van der Waals surface area contributed by atoms with Gasteiger partial charge in [0.1, 0.15) is 0 Å². The average Bonchev–Trinajstić information content (AvgIpc) is 2.44. The standard InChI is InChI=1S/C21H44OSi/c1-8-10-11-12-13-14-15-16-17-19-20(18-9-2)22-23(6,7)21(3,4)5/h9,20H,2,8,10-19H2,1,3-7H3. The van der Waals surface area contributed by atoms with Crippen molar-refractivity contribution >= 4 is 8.32 Å². The molecule has 0 N–H and O–H groups in total. The summed E-state index contributed by atoms with van der Waals surface area (Å²) in [5.41, 5.74) is 0. The molecule has 23 heavy (non-hydrogen) atoms. The molecule has 0 rings (SSSR count). The smallest absolute Gasteiger partial charge is 0.192 e. The van der Waals surface area contributed by atoms with Crippen LogP contribution in [0.5, 0.6) is 0 Å².